The fourth-order valence-corrected chi connectivity index (χ4v) is 1.63. The zero-order valence-corrected chi connectivity index (χ0v) is 9.71. The van der Waals surface area contributed by atoms with Crippen molar-refractivity contribution in [3.05, 3.63) is 30.5 Å². The number of aliphatic hydroxyl groups is 1. The Morgan fingerprint density at radius 1 is 1.29 bits per heavy atom. The van der Waals surface area contributed by atoms with E-state index in [4.69, 9.17) is 9.84 Å². The molecule has 0 amide bonds. The molecule has 1 aromatic heterocycles. The molecule has 0 radical (unpaired) electrons. The van der Waals surface area contributed by atoms with Crippen LogP contribution in [0.25, 0.3) is 11.3 Å². The third kappa shape index (κ3) is 2.62. The fraction of sp³-hybridized carbons (Fsp3) is 0.333. The van der Waals surface area contributed by atoms with Crippen LogP contribution < -0.4 is 4.74 Å². The van der Waals surface area contributed by atoms with Crippen molar-refractivity contribution in [2.75, 3.05) is 13.7 Å². The lowest BCUT2D eigenvalue weighted by atomic mass is 10.1. The molecule has 1 aromatic carbocycles. The smallest absolute Gasteiger partial charge is 0.118 e. The van der Waals surface area contributed by atoms with Crippen LogP contribution >= 0.6 is 0 Å². The van der Waals surface area contributed by atoms with Crippen molar-refractivity contribution < 1.29 is 9.84 Å². The molecule has 1 heterocycles. The normalized spacial score (nSPS) is 10.5. The number of aryl methyl sites for hydroxylation is 1. The molecule has 2 aromatic rings. The van der Waals surface area contributed by atoms with E-state index in [9.17, 15) is 0 Å². The summed E-state index contributed by atoms with van der Waals surface area (Å²) >= 11 is 0. The van der Waals surface area contributed by atoms with E-state index in [1.807, 2.05) is 24.3 Å². The highest BCUT2D eigenvalue weighted by Gasteiger charge is 2.06. The molecular formula is C12H15N3O2. The highest BCUT2D eigenvalue weighted by molar-refractivity contribution is 5.59. The van der Waals surface area contributed by atoms with Crippen LogP contribution in [0.2, 0.25) is 0 Å². The van der Waals surface area contributed by atoms with Crippen molar-refractivity contribution in [3.8, 4) is 17.0 Å². The molecule has 0 aliphatic carbocycles. The molecule has 0 spiro atoms. The topological polar surface area (TPSA) is 60.2 Å². The van der Waals surface area contributed by atoms with Crippen LogP contribution in [0.15, 0.2) is 30.5 Å². The molecule has 0 bridgehead atoms. The van der Waals surface area contributed by atoms with E-state index in [0.29, 0.717) is 13.0 Å². The van der Waals surface area contributed by atoms with Crippen LogP contribution in [0.4, 0.5) is 0 Å². The van der Waals surface area contributed by atoms with Gasteiger partial charge >= 0.3 is 0 Å². The standard InChI is InChI=1S/C12H15N3O2/c1-17-11-5-3-10(4-6-11)12-9-13-14-15(12)7-2-8-16/h3-6,9,16H,2,7-8H2,1H3. The van der Waals surface area contributed by atoms with Crippen LogP contribution in [0, 0.1) is 0 Å². The number of aliphatic hydroxyl groups excluding tert-OH is 1. The van der Waals surface area contributed by atoms with Crippen molar-refractivity contribution in [2.45, 2.75) is 13.0 Å². The van der Waals surface area contributed by atoms with Crippen LogP contribution in [-0.4, -0.2) is 33.8 Å². The van der Waals surface area contributed by atoms with Gasteiger partial charge in [-0.3, -0.25) is 0 Å². The van der Waals surface area contributed by atoms with Crippen LogP contribution in [0.1, 0.15) is 6.42 Å². The zero-order valence-electron chi connectivity index (χ0n) is 9.71. The SMILES string of the molecule is COc1ccc(-c2cnnn2CCCO)cc1. The Hall–Kier alpha value is -1.88. The van der Waals surface area contributed by atoms with Gasteiger partial charge in [0, 0.05) is 18.7 Å². The van der Waals surface area contributed by atoms with E-state index in [-0.39, 0.29) is 6.61 Å². The van der Waals surface area contributed by atoms with Crippen molar-refractivity contribution in [1.82, 2.24) is 15.0 Å². The predicted octanol–water partition coefficient (Wildman–Crippen LogP) is 1.34. The van der Waals surface area contributed by atoms with Crippen molar-refractivity contribution in [1.29, 1.82) is 0 Å². The average Bonchev–Trinajstić information content (AvgIpc) is 2.84. The molecule has 2 rings (SSSR count). The molecule has 0 saturated heterocycles. The summed E-state index contributed by atoms with van der Waals surface area (Å²) < 4.78 is 6.90. The molecule has 17 heavy (non-hydrogen) atoms. The number of nitrogens with zero attached hydrogens (tertiary/aromatic N) is 3. The molecule has 90 valence electrons. The van der Waals surface area contributed by atoms with E-state index >= 15 is 0 Å². The van der Waals surface area contributed by atoms with Gasteiger partial charge in [0.2, 0.25) is 0 Å². The Morgan fingerprint density at radius 3 is 2.71 bits per heavy atom. The monoisotopic (exact) mass is 233 g/mol. The molecular weight excluding hydrogens is 218 g/mol. The van der Waals surface area contributed by atoms with E-state index < -0.39 is 0 Å². The van der Waals surface area contributed by atoms with E-state index in [2.05, 4.69) is 10.3 Å². The number of ether oxygens (including phenoxy) is 1. The average molecular weight is 233 g/mol. The Kier molecular flexibility index (Phi) is 3.72. The minimum absolute atomic E-state index is 0.155. The third-order valence-electron chi connectivity index (χ3n) is 2.53. The minimum Gasteiger partial charge on any atom is -0.497 e. The summed E-state index contributed by atoms with van der Waals surface area (Å²) in [6, 6.07) is 7.73. The maximum atomic E-state index is 8.82. The van der Waals surface area contributed by atoms with Crippen molar-refractivity contribution in [2.24, 2.45) is 0 Å². The van der Waals surface area contributed by atoms with Gasteiger partial charge in [-0.1, -0.05) is 5.21 Å². The van der Waals surface area contributed by atoms with Gasteiger partial charge in [0.05, 0.1) is 19.0 Å². The number of hydrogen-bond acceptors (Lipinski definition) is 4. The lowest BCUT2D eigenvalue weighted by Crippen LogP contribution is -2.04. The number of rotatable bonds is 5. The van der Waals surface area contributed by atoms with Gasteiger partial charge in [0.25, 0.3) is 0 Å². The van der Waals surface area contributed by atoms with Crippen molar-refractivity contribution >= 4 is 0 Å². The summed E-state index contributed by atoms with van der Waals surface area (Å²) in [5.74, 6) is 0.822. The van der Waals surface area contributed by atoms with E-state index in [1.165, 1.54) is 0 Å². The molecule has 0 unspecified atom stereocenters. The van der Waals surface area contributed by atoms with Crippen LogP contribution in [0.5, 0.6) is 5.75 Å². The Morgan fingerprint density at radius 2 is 2.06 bits per heavy atom. The van der Waals surface area contributed by atoms with Gasteiger partial charge in [0.15, 0.2) is 0 Å². The summed E-state index contributed by atoms with van der Waals surface area (Å²) in [6.45, 7) is 0.819. The fourth-order valence-electron chi connectivity index (χ4n) is 1.63. The van der Waals surface area contributed by atoms with E-state index in [1.54, 1.807) is 18.0 Å². The lowest BCUT2D eigenvalue weighted by Gasteiger charge is -2.06. The van der Waals surface area contributed by atoms with Gasteiger partial charge in [-0.15, -0.1) is 5.10 Å². The van der Waals surface area contributed by atoms with Gasteiger partial charge in [0.1, 0.15) is 5.75 Å². The summed E-state index contributed by atoms with van der Waals surface area (Å²) in [6.07, 6.45) is 2.39. The first-order valence-electron chi connectivity index (χ1n) is 5.49. The largest absolute Gasteiger partial charge is 0.497 e. The minimum atomic E-state index is 0.155. The molecule has 0 saturated carbocycles. The van der Waals surface area contributed by atoms with Gasteiger partial charge in [-0.25, -0.2) is 4.68 Å². The number of hydrogen-bond donors (Lipinski definition) is 1. The van der Waals surface area contributed by atoms with Gasteiger partial charge < -0.3 is 9.84 Å². The highest BCUT2D eigenvalue weighted by Crippen LogP contribution is 2.21. The Labute approximate surface area is 99.7 Å². The number of methoxy groups -OCH3 is 1. The second kappa shape index (κ2) is 5.45. The van der Waals surface area contributed by atoms with Gasteiger partial charge in [-0.05, 0) is 30.7 Å². The lowest BCUT2D eigenvalue weighted by molar-refractivity contribution is 0.276. The summed E-state index contributed by atoms with van der Waals surface area (Å²) in [7, 11) is 1.64. The first kappa shape index (κ1) is 11.6. The van der Waals surface area contributed by atoms with Crippen LogP contribution in [-0.2, 0) is 6.54 Å². The molecule has 0 aliphatic heterocycles. The predicted molar refractivity (Wildman–Crippen MR) is 63.7 cm³/mol. The van der Waals surface area contributed by atoms with Crippen LogP contribution in [0.3, 0.4) is 0 Å². The number of aromatic nitrogens is 3. The molecule has 0 fully saturated rings. The molecule has 5 nitrogen and oxygen atoms in total. The zero-order chi connectivity index (χ0) is 12.1. The highest BCUT2D eigenvalue weighted by atomic mass is 16.5. The summed E-state index contributed by atoms with van der Waals surface area (Å²) in [5, 5.41) is 16.7. The Bertz CT molecular complexity index is 465. The molecule has 5 heteroatoms. The third-order valence-corrected chi connectivity index (χ3v) is 2.53. The second-order valence-electron chi connectivity index (χ2n) is 3.65. The first-order valence-corrected chi connectivity index (χ1v) is 5.49. The maximum absolute atomic E-state index is 8.82. The van der Waals surface area contributed by atoms with Gasteiger partial charge in [-0.2, -0.15) is 0 Å². The molecule has 1 N–H and O–H groups in total. The second-order valence-corrected chi connectivity index (χ2v) is 3.65. The summed E-state index contributed by atoms with van der Waals surface area (Å²) in [5.41, 5.74) is 1.98. The van der Waals surface area contributed by atoms with E-state index in [0.717, 1.165) is 17.0 Å². The Balaban J connectivity index is 2.23. The van der Waals surface area contributed by atoms with Crippen molar-refractivity contribution in [3.63, 3.8) is 0 Å². The first-order chi connectivity index (χ1) is 8.35. The maximum Gasteiger partial charge on any atom is 0.118 e. The molecule has 0 aliphatic rings. The molecule has 0 atom stereocenters. The summed E-state index contributed by atoms with van der Waals surface area (Å²) in [4.78, 5) is 0. The number of benzene rings is 1. The quantitative estimate of drug-likeness (QED) is 0.846.